The summed E-state index contributed by atoms with van der Waals surface area (Å²) in [6, 6.07) is 125. The van der Waals surface area contributed by atoms with Crippen molar-refractivity contribution in [2.24, 2.45) is 0 Å². The number of benzene rings is 18. The van der Waals surface area contributed by atoms with Crippen LogP contribution in [0.2, 0.25) is 0 Å². The highest BCUT2D eigenvalue weighted by atomic mass is 16.3. The Kier molecular flexibility index (Phi) is 12.1. The quantitative estimate of drug-likeness (QED) is 0.142. The van der Waals surface area contributed by atoms with Crippen LogP contribution in [0.1, 0.15) is 0 Å². The summed E-state index contributed by atoms with van der Waals surface area (Å²) in [5, 5.41) is 21.3. The molecule has 0 spiro atoms. The zero-order chi connectivity index (χ0) is 63.0. The molecule has 20 aromatic rings. The van der Waals surface area contributed by atoms with Gasteiger partial charge in [0.15, 0.2) is 0 Å². The number of hydrogen-bond donors (Lipinski definition) is 0. The molecule has 2 heterocycles. The zero-order valence-electron chi connectivity index (χ0n) is 52.1. The minimum Gasteiger partial charge on any atom is -0.455 e. The van der Waals surface area contributed by atoms with Crippen molar-refractivity contribution in [3.05, 3.63) is 340 Å². The first kappa shape index (κ1) is 54.0. The van der Waals surface area contributed by atoms with Gasteiger partial charge >= 0.3 is 0 Å². The molecule has 0 unspecified atom stereocenters. The Morgan fingerprint density at radius 2 is 0.500 bits per heavy atom. The van der Waals surface area contributed by atoms with E-state index in [4.69, 9.17) is 8.83 Å². The van der Waals surface area contributed by atoms with Crippen molar-refractivity contribution in [1.29, 1.82) is 0 Å². The van der Waals surface area contributed by atoms with E-state index < -0.39 is 0 Å². The highest BCUT2D eigenvalue weighted by molar-refractivity contribution is 6.26. The molecule has 0 bridgehead atoms. The molecule has 0 saturated carbocycles. The van der Waals surface area contributed by atoms with E-state index in [0.29, 0.717) is 0 Å². The van der Waals surface area contributed by atoms with Crippen molar-refractivity contribution in [3.63, 3.8) is 0 Å². The minimum absolute atomic E-state index is 0.851. The average Bonchev–Trinajstić information content (AvgIpc) is 1.32. The molecule has 444 valence electrons. The van der Waals surface area contributed by atoms with Gasteiger partial charge in [-0.1, -0.05) is 303 Å². The number of hydrogen-bond acceptors (Lipinski definition) is 2. The maximum Gasteiger partial charge on any atom is 0.143 e. The van der Waals surface area contributed by atoms with E-state index in [9.17, 15) is 0 Å². The average molecular weight is 1220 g/mol. The van der Waals surface area contributed by atoms with E-state index in [0.717, 1.165) is 99.0 Å². The van der Waals surface area contributed by atoms with Crippen LogP contribution >= 0.6 is 0 Å². The Hall–Kier alpha value is -12.6. The fourth-order valence-corrected chi connectivity index (χ4v) is 16.2. The summed E-state index contributed by atoms with van der Waals surface area (Å²) in [6.45, 7) is 0. The van der Waals surface area contributed by atoms with E-state index in [2.05, 4.69) is 340 Å². The molecule has 96 heavy (non-hydrogen) atoms. The van der Waals surface area contributed by atoms with Gasteiger partial charge in [-0.25, -0.2) is 0 Å². The van der Waals surface area contributed by atoms with Gasteiger partial charge in [0.2, 0.25) is 0 Å². The lowest BCUT2D eigenvalue weighted by Crippen LogP contribution is -1.92. The predicted molar refractivity (Wildman–Crippen MR) is 407 cm³/mol. The lowest BCUT2D eigenvalue weighted by molar-refractivity contribution is 0.670. The van der Waals surface area contributed by atoms with Gasteiger partial charge in [0.1, 0.15) is 22.3 Å². The maximum atomic E-state index is 7.21. The molecule has 0 fully saturated rings. The van der Waals surface area contributed by atoms with Gasteiger partial charge < -0.3 is 8.83 Å². The molecule has 0 aliphatic heterocycles. The van der Waals surface area contributed by atoms with Crippen LogP contribution < -0.4 is 0 Å². The Labute approximate surface area is 553 Å². The Morgan fingerprint density at radius 3 is 1.07 bits per heavy atom. The molecule has 0 N–H and O–H groups in total. The summed E-state index contributed by atoms with van der Waals surface area (Å²) in [6.07, 6.45) is 0. The molecule has 0 amide bonds. The summed E-state index contributed by atoms with van der Waals surface area (Å²) in [5.74, 6) is 0. The fraction of sp³-hybridized carbons (Fsp3) is 0. The number of furan rings is 2. The molecule has 2 aromatic heterocycles. The van der Waals surface area contributed by atoms with Crippen LogP contribution in [0.3, 0.4) is 0 Å². The second-order valence-electron chi connectivity index (χ2n) is 25.6. The van der Waals surface area contributed by atoms with Crippen molar-refractivity contribution in [3.8, 4) is 89.0 Å². The van der Waals surface area contributed by atoms with Crippen LogP contribution in [0.4, 0.5) is 0 Å². The van der Waals surface area contributed by atoms with Crippen LogP contribution in [0.15, 0.2) is 349 Å². The molecule has 0 radical (unpaired) electrons. The van der Waals surface area contributed by atoms with Crippen molar-refractivity contribution in [2.45, 2.75) is 0 Å². The van der Waals surface area contributed by atoms with Crippen LogP contribution in [0.5, 0.6) is 0 Å². The molecule has 0 saturated heterocycles. The van der Waals surface area contributed by atoms with Crippen molar-refractivity contribution in [1.82, 2.24) is 0 Å². The molecular formula is C94H56O2. The Morgan fingerprint density at radius 1 is 0.146 bits per heavy atom. The smallest absolute Gasteiger partial charge is 0.143 e. The first-order valence-electron chi connectivity index (χ1n) is 33.1. The van der Waals surface area contributed by atoms with Gasteiger partial charge in [-0.2, -0.15) is 0 Å². The third-order valence-corrected chi connectivity index (χ3v) is 20.4. The maximum absolute atomic E-state index is 7.21. The fourth-order valence-electron chi connectivity index (χ4n) is 16.2. The van der Waals surface area contributed by atoms with Gasteiger partial charge in [-0.3, -0.25) is 0 Å². The molecular weight excluding hydrogens is 1160 g/mol. The van der Waals surface area contributed by atoms with Crippen LogP contribution in [0.25, 0.3) is 208 Å². The van der Waals surface area contributed by atoms with Gasteiger partial charge in [0.25, 0.3) is 0 Å². The lowest BCUT2D eigenvalue weighted by atomic mass is 9.83. The summed E-state index contributed by atoms with van der Waals surface area (Å²) in [4.78, 5) is 0. The summed E-state index contributed by atoms with van der Waals surface area (Å²) >= 11 is 0. The highest BCUT2D eigenvalue weighted by Crippen LogP contribution is 2.51. The molecule has 0 aliphatic rings. The van der Waals surface area contributed by atoms with E-state index >= 15 is 0 Å². The standard InChI is InChI=1S/C94H56O2/c1-2-21-57(22-3-1)67-27-8-9-30-73(67)91-79-35-14-10-31-75(79)87(76-32-11-15-36-80(76)91)60-43-47-62(48-44-60)90-70-51-49-63(53-66(70)55-84-71-29-18-19-40-85(71)95-93(84)90)64-50-52-72-83-54-65-24-5-7-28-69(65)89(94(83)96-86(72)56-64)61-45-41-59(42-46-61)88-77-33-12-16-37-81(77)92(82-38-17-13-34-78(82)88)74-39-20-25-58-23-4-6-26-68(58)74/h1-56H. The SMILES string of the molecule is c1ccc(-c2ccccc2-c2c3ccccc3c(-c3ccc(-c4c5ccc(-c6ccc7c(c6)oc6c(-c8ccc(-c9c%10ccccc%10c(-c%10cccc%11ccccc%10%11)c%10ccccc9%10)cc8)c8ccccc8cc67)cc5cc5c4oc4ccccc45)cc3)c3ccccc23)cc1. The zero-order valence-corrected chi connectivity index (χ0v) is 52.1. The first-order valence-corrected chi connectivity index (χ1v) is 33.1. The molecule has 2 nitrogen and oxygen atoms in total. The summed E-state index contributed by atoms with van der Waals surface area (Å²) < 4.78 is 14.1. The van der Waals surface area contributed by atoms with Gasteiger partial charge in [0, 0.05) is 32.7 Å². The van der Waals surface area contributed by atoms with E-state index in [-0.39, 0.29) is 0 Å². The molecule has 2 heteroatoms. The van der Waals surface area contributed by atoms with E-state index in [1.54, 1.807) is 0 Å². The highest BCUT2D eigenvalue weighted by Gasteiger charge is 2.24. The largest absolute Gasteiger partial charge is 0.455 e. The van der Waals surface area contributed by atoms with Crippen LogP contribution in [0, 0.1) is 0 Å². The lowest BCUT2D eigenvalue weighted by Gasteiger charge is -2.20. The topological polar surface area (TPSA) is 26.3 Å². The molecule has 0 aliphatic carbocycles. The summed E-state index contributed by atoms with van der Waals surface area (Å²) in [7, 11) is 0. The normalized spacial score (nSPS) is 12.0. The first-order chi connectivity index (χ1) is 47.6. The van der Waals surface area contributed by atoms with E-state index in [1.807, 2.05) is 0 Å². The third kappa shape index (κ3) is 8.32. The van der Waals surface area contributed by atoms with Crippen molar-refractivity contribution < 1.29 is 8.83 Å². The van der Waals surface area contributed by atoms with E-state index in [1.165, 1.54) is 109 Å². The second-order valence-corrected chi connectivity index (χ2v) is 25.6. The van der Waals surface area contributed by atoms with Gasteiger partial charge in [0.05, 0.1) is 0 Å². The van der Waals surface area contributed by atoms with Crippen LogP contribution in [-0.2, 0) is 0 Å². The molecule has 20 rings (SSSR count). The Bertz CT molecular complexity index is 6480. The van der Waals surface area contributed by atoms with Gasteiger partial charge in [-0.05, 0) is 190 Å². The summed E-state index contributed by atoms with van der Waals surface area (Å²) in [5.41, 5.74) is 22.3. The van der Waals surface area contributed by atoms with Crippen molar-refractivity contribution >= 4 is 119 Å². The second kappa shape index (κ2) is 21.5. The van der Waals surface area contributed by atoms with Crippen LogP contribution in [-0.4, -0.2) is 0 Å². The predicted octanol–water partition coefficient (Wildman–Crippen LogP) is 26.9. The minimum atomic E-state index is 0.851. The number of rotatable bonds is 8. The monoisotopic (exact) mass is 1220 g/mol. The number of para-hydroxylation sites is 1. The molecule has 18 aromatic carbocycles. The van der Waals surface area contributed by atoms with Crippen molar-refractivity contribution in [2.75, 3.05) is 0 Å². The third-order valence-electron chi connectivity index (χ3n) is 20.4. The number of fused-ring (bicyclic) bond motifs is 13. The Balaban J connectivity index is 0.694. The molecule has 0 atom stereocenters. The van der Waals surface area contributed by atoms with Gasteiger partial charge in [-0.15, -0.1) is 0 Å².